The molecule has 0 aliphatic carbocycles. The van der Waals surface area contributed by atoms with Crippen LogP contribution in [0.3, 0.4) is 0 Å². The van der Waals surface area contributed by atoms with E-state index in [1.807, 2.05) is 29.5 Å². The van der Waals surface area contributed by atoms with E-state index in [-0.39, 0.29) is 10.6 Å². The molecule has 0 saturated carbocycles. The van der Waals surface area contributed by atoms with Crippen LogP contribution in [0, 0.1) is 6.92 Å². The van der Waals surface area contributed by atoms with Crippen molar-refractivity contribution in [2.45, 2.75) is 24.7 Å². The molecule has 8 nitrogen and oxygen atoms in total. The molecule has 4 rings (SSSR count). The first-order valence-corrected chi connectivity index (χ1v) is 10.3. The normalized spacial score (nSPS) is 14.1. The summed E-state index contributed by atoms with van der Waals surface area (Å²) >= 11 is 0. The molecule has 1 aliphatic heterocycles. The first kappa shape index (κ1) is 18.2. The van der Waals surface area contributed by atoms with Crippen LogP contribution in [0.15, 0.2) is 58.5 Å². The molecule has 1 aliphatic rings. The Morgan fingerprint density at radius 3 is 2.75 bits per heavy atom. The van der Waals surface area contributed by atoms with Crippen molar-refractivity contribution in [1.82, 2.24) is 14.1 Å². The number of aromatic nitrogens is 2. The second kappa shape index (κ2) is 7.08. The van der Waals surface area contributed by atoms with Crippen molar-refractivity contribution < 1.29 is 13.2 Å². The second-order valence-corrected chi connectivity index (χ2v) is 8.22. The molecule has 0 atom stereocenters. The number of fused-ring (bicyclic) bond motifs is 1. The molecule has 3 aromatic rings. The third-order valence-electron chi connectivity index (χ3n) is 4.46. The Labute approximate surface area is 162 Å². The fraction of sp³-hybridized carbons (Fsp3) is 0.211. The van der Waals surface area contributed by atoms with Gasteiger partial charge >= 0.3 is 0 Å². The summed E-state index contributed by atoms with van der Waals surface area (Å²) in [4.78, 5) is 21.1. The summed E-state index contributed by atoms with van der Waals surface area (Å²) < 4.78 is 29.4. The predicted octanol–water partition coefficient (Wildman–Crippen LogP) is 2.37. The highest BCUT2D eigenvalue weighted by atomic mass is 32.2. The summed E-state index contributed by atoms with van der Waals surface area (Å²) in [6.45, 7) is 2.55. The van der Waals surface area contributed by atoms with Crippen LogP contribution in [0.25, 0.3) is 5.65 Å². The molecule has 3 heterocycles. The van der Waals surface area contributed by atoms with Gasteiger partial charge in [-0.2, -0.15) is 0 Å². The van der Waals surface area contributed by atoms with Crippen LogP contribution in [-0.2, 0) is 10.0 Å². The summed E-state index contributed by atoms with van der Waals surface area (Å²) in [5.74, 6) is 0.0558. The number of anilines is 1. The van der Waals surface area contributed by atoms with E-state index in [0.29, 0.717) is 30.1 Å². The average Bonchev–Trinajstić information content (AvgIpc) is 3.32. The van der Waals surface area contributed by atoms with Gasteiger partial charge in [-0.15, -0.1) is 0 Å². The Morgan fingerprint density at radius 2 is 2.00 bits per heavy atom. The molecule has 1 aromatic carbocycles. The maximum absolute atomic E-state index is 12.6. The summed E-state index contributed by atoms with van der Waals surface area (Å²) in [5, 5.41) is 2.71. The van der Waals surface area contributed by atoms with Crippen molar-refractivity contribution in [1.29, 1.82) is 0 Å². The van der Waals surface area contributed by atoms with Gasteiger partial charge in [-0.25, -0.2) is 13.4 Å². The number of hydrogen-bond donors (Lipinski definition) is 2. The number of imidazole rings is 1. The Morgan fingerprint density at radius 1 is 1.18 bits per heavy atom. The lowest BCUT2D eigenvalue weighted by Crippen LogP contribution is -2.29. The molecular formula is C19H19N5O3S. The van der Waals surface area contributed by atoms with Gasteiger partial charge in [0.05, 0.1) is 4.90 Å². The Kier molecular flexibility index (Phi) is 4.60. The number of rotatable bonds is 4. The largest absolute Gasteiger partial charge is 0.321 e. The highest BCUT2D eigenvalue weighted by molar-refractivity contribution is 7.90. The van der Waals surface area contributed by atoms with Gasteiger partial charge in [0.1, 0.15) is 17.2 Å². The Hall–Kier alpha value is -3.20. The minimum atomic E-state index is -3.74. The van der Waals surface area contributed by atoms with Crippen LogP contribution >= 0.6 is 0 Å². The number of sulfonamides is 1. The second-order valence-electron chi connectivity index (χ2n) is 6.54. The van der Waals surface area contributed by atoms with E-state index in [9.17, 15) is 13.2 Å². The predicted molar refractivity (Wildman–Crippen MR) is 106 cm³/mol. The lowest BCUT2D eigenvalue weighted by atomic mass is 10.3. The van der Waals surface area contributed by atoms with Gasteiger partial charge in [-0.3, -0.25) is 14.5 Å². The van der Waals surface area contributed by atoms with Crippen LogP contribution in [0.4, 0.5) is 5.69 Å². The van der Waals surface area contributed by atoms with E-state index in [1.54, 1.807) is 18.3 Å². The van der Waals surface area contributed by atoms with Crippen LogP contribution in [0.2, 0.25) is 0 Å². The Bertz CT molecular complexity index is 1200. The number of carbonyl (C=O) groups is 1. The lowest BCUT2D eigenvalue weighted by molar-refractivity contribution is 0.102. The number of pyridine rings is 1. The molecule has 144 valence electrons. The average molecular weight is 397 g/mol. The number of benzene rings is 1. The number of carbonyl (C=O) groups excluding carboxylic acids is 1. The van der Waals surface area contributed by atoms with Gasteiger partial charge < -0.3 is 9.72 Å². The zero-order valence-electron chi connectivity index (χ0n) is 15.2. The summed E-state index contributed by atoms with van der Waals surface area (Å²) in [6.07, 6.45) is 3.11. The third kappa shape index (κ3) is 3.61. The highest BCUT2D eigenvalue weighted by Gasteiger charge is 2.19. The van der Waals surface area contributed by atoms with Crippen molar-refractivity contribution in [3.63, 3.8) is 0 Å². The molecular weight excluding hydrogens is 378 g/mol. The third-order valence-corrected chi connectivity index (χ3v) is 5.84. The zero-order valence-corrected chi connectivity index (χ0v) is 16.0. The molecule has 0 fully saturated rings. The van der Waals surface area contributed by atoms with Gasteiger partial charge in [0.15, 0.2) is 0 Å². The molecule has 0 unspecified atom stereocenters. The van der Waals surface area contributed by atoms with E-state index >= 15 is 0 Å². The maximum Gasteiger partial charge on any atom is 0.275 e. The van der Waals surface area contributed by atoms with E-state index in [4.69, 9.17) is 0 Å². The van der Waals surface area contributed by atoms with Crippen molar-refractivity contribution in [2.24, 2.45) is 4.99 Å². The van der Waals surface area contributed by atoms with Crippen LogP contribution in [0.1, 0.15) is 29.0 Å². The molecule has 0 bridgehead atoms. The number of nitrogens with zero attached hydrogens (tertiary/aromatic N) is 3. The van der Waals surface area contributed by atoms with E-state index in [1.165, 1.54) is 12.1 Å². The van der Waals surface area contributed by atoms with Crippen LogP contribution in [-0.4, -0.2) is 36.1 Å². The molecule has 28 heavy (non-hydrogen) atoms. The fourth-order valence-corrected chi connectivity index (χ4v) is 4.17. The first-order chi connectivity index (χ1) is 13.4. The van der Waals surface area contributed by atoms with E-state index in [2.05, 4.69) is 20.0 Å². The zero-order chi connectivity index (χ0) is 19.7. The van der Waals surface area contributed by atoms with Gasteiger partial charge in [-0.1, -0.05) is 12.1 Å². The van der Waals surface area contributed by atoms with Crippen LogP contribution < -0.4 is 10.0 Å². The smallest absolute Gasteiger partial charge is 0.275 e. The van der Waals surface area contributed by atoms with Gasteiger partial charge in [0.2, 0.25) is 0 Å². The van der Waals surface area contributed by atoms with Crippen molar-refractivity contribution in [2.75, 3.05) is 11.9 Å². The molecule has 2 N–H and O–H groups in total. The topological polar surface area (TPSA) is 105 Å². The summed E-state index contributed by atoms with van der Waals surface area (Å²) in [7, 11) is -3.74. The molecule has 1 amide bonds. The van der Waals surface area contributed by atoms with Crippen molar-refractivity contribution in [3.8, 4) is 0 Å². The number of amides is 1. The SMILES string of the molecule is Cc1cccc2nc(C(=O)Nc3cccc(S(=O)(=O)NC4=NCCC4)c3)cn12. The molecule has 9 heteroatoms. The molecule has 0 saturated heterocycles. The van der Waals surface area contributed by atoms with Gasteiger partial charge in [0.25, 0.3) is 15.9 Å². The maximum atomic E-state index is 12.6. The van der Waals surface area contributed by atoms with E-state index < -0.39 is 15.9 Å². The quantitative estimate of drug-likeness (QED) is 0.705. The monoisotopic (exact) mass is 397 g/mol. The van der Waals surface area contributed by atoms with Crippen molar-refractivity contribution in [3.05, 3.63) is 60.0 Å². The number of nitrogens with one attached hydrogen (secondary N) is 2. The van der Waals surface area contributed by atoms with Crippen molar-refractivity contribution >= 4 is 33.1 Å². The Balaban J connectivity index is 1.55. The number of hydrogen-bond acceptors (Lipinski definition) is 5. The summed E-state index contributed by atoms with van der Waals surface area (Å²) in [6, 6.07) is 11.7. The lowest BCUT2D eigenvalue weighted by Gasteiger charge is -2.09. The van der Waals surface area contributed by atoms with Gasteiger partial charge in [-0.05, 0) is 43.7 Å². The fourth-order valence-electron chi connectivity index (χ4n) is 3.03. The van der Waals surface area contributed by atoms with Gasteiger partial charge in [0, 0.05) is 30.5 Å². The minimum Gasteiger partial charge on any atom is -0.321 e. The summed E-state index contributed by atoms with van der Waals surface area (Å²) in [5.41, 5.74) is 2.25. The standard InChI is InChI=1S/C19H19N5O3S/c1-13-5-2-9-18-22-16(12-24(13)18)19(25)21-14-6-3-7-15(11-14)28(26,27)23-17-8-4-10-20-17/h2-3,5-7,9,11-12H,4,8,10H2,1H3,(H,20,23)(H,21,25). The van der Waals surface area contributed by atoms with Crippen LogP contribution in [0.5, 0.6) is 0 Å². The number of amidine groups is 1. The molecule has 0 spiro atoms. The first-order valence-electron chi connectivity index (χ1n) is 8.85. The molecule has 0 radical (unpaired) electrons. The molecule has 2 aromatic heterocycles. The highest BCUT2D eigenvalue weighted by Crippen LogP contribution is 2.18. The number of aryl methyl sites for hydroxylation is 1. The minimum absolute atomic E-state index is 0.0609. The van der Waals surface area contributed by atoms with E-state index in [0.717, 1.165) is 12.1 Å². The number of aliphatic imine (C=N–C) groups is 1.